The SMILES string of the molecule is O=C(CSCc1ccc(Cl)cc1)N1CCN(S(=O)(=O)c2ccc(Cl)s2)CC1. The molecule has 0 unspecified atom stereocenters. The molecule has 1 amide bonds. The highest BCUT2D eigenvalue weighted by Crippen LogP contribution is 2.28. The number of rotatable bonds is 6. The van der Waals surface area contributed by atoms with Gasteiger partial charge in [-0.15, -0.1) is 23.1 Å². The molecule has 0 bridgehead atoms. The molecule has 1 aromatic heterocycles. The van der Waals surface area contributed by atoms with Gasteiger partial charge in [-0.2, -0.15) is 4.31 Å². The first kappa shape index (κ1) is 21.0. The van der Waals surface area contributed by atoms with Gasteiger partial charge >= 0.3 is 0 Å². The first-order valence-electron chi connectivity index (χ1n) is 8.22. The lowest BCUT2D eigenvalue weighted by atomic mass is 10.2. The smallest absolute Gasteiger partial charge is 0.252 e. The van der Waals surface area contributed by atoms with Gasteiger partial charge in [0.1, 0.15) is 4.21 Å². The number of nitrogens with zero attached hydrogens (tertiary/aromatic N) is 2. The molecule has 1 saturated heterocycles. The van der Waals surface area contributed by atoms with E-state index in [4.69, 9.17) is 23.2 Å². The summed E-state index contributed by atoms with van der Waals surface area (Å²) in [5, 5.41) is 0.692. The number of amides is 1. The molecular weight excluding hydrogens is 447 g/mol. The van der Waals surface area contributed by atoms with E-state index < -0.39 is 10.0 Å². The summed E-state index contributed by atoms with van der Waals surface area (Å²) in [6.45, 7) is 1.40. The number of thiophene rings is 1. The molecule has 2 heterocycles. The van der Waals surface area contributed by atoms with Crippen molar-refractivity contribution in [2.45, 2.75) is 9.96 Å². The van der Waals surface area contributed by atoms with Crippen LogP contribution in [0.3, 0.4) is 0 Å². The van der Waals surface area contributed by atoms with Crippen molar-refractivity contribution in [1.82, 2.24) is 9.21 Å². The average molecular weight is 465 g/mol. The number of sulfonamides is 1. The number of benzene rings is 1. The van der Waals surface area contributed by atoms with Crippen molar-refractivity contribution >= 4 is 62.2 Å². The quantitative estimate of drug-likeness (QED) is 0.651. The van der Waals surface area contributed by atoms with Gasteiger partial charge in [-0.1, -0.05) is 35.3 Å². The summed E-state index contributed by atoms with van der Waals surface area (Å²) in [5.74, 6) is 1.14. The number of halogens is 2. The second-order valence-corrected chi connectivity index (χ2v) is 11.3. The molecule has 1 aromatic carbocycles. The van der Waals surface area contributed by atoms with E-state index in [0.717, 1.165) is 22.7 Å². The maximum absolute atomic E-state index is 12.6. The lowest BCUT2D eigenvalue weighted by molar-refractivity contribution is -0.129. The van der Waals surface area contributed by atoms with Gasteiger partial charge in [0.15, 0.2) is 0 Å². The van der Waals surface area contributed by atoms with E-state index in [1.54, 1.807) is 22.7 Å². The third-order valence-electron chi connectivity index (χ3n) is 4.14. The molecule has 0 saturated carbocycles. The third kappa shape index (κ3) is 5.40. The molecule has 1 aliphatic heterocycles. The van der Waals surface area contributed by atoms with Crippen LogP contribution in [0.4, 0.5) is 0 Å². The zero-order valence-corrected chi connectivity index (χ0v) is 18.3. The van der Waals surface area contributed by atoms with Gasteiger partial charge in [0, 0.05) is 37.0 Å². The molecule has 0 spiro atoms. The van der Waals surface area contributed by atoms with Gasteiger partial charge < -0.3 is 4.90 Å². The molecule has 0 atom stereocenters. The fraction of sp³-hybridized carbons (Fsp3) is 0.353. The van der Waals surface area contributed by atoms with Crippen LogP contribution in [-0.4, -0.2) is 55.5 Å². The second kappa shape index (κ2) is 9.15. The summed E-state index contributed by atoms with van der Waals surface area (Å²) >= 11 is 14.3. The Bertz CT molecular complexity index is 892. The number of carbonyl (C=O) groups excluding carboxylic acids is 1. The van der Waals surface area contributed by atoms with E-state index in [1.807, 2.05) is 24.3 Å². The minimum Gasteiger partial charge on any atom is -0.339 e. The van der Waals surface area contributed by atoms with Gasteiger partial charge in [0.05, 0.1) is 10.1 Å². The molecule has 2 aromatic rings. The molecule has 0 radical (unpaired) electrons. The van der Waals surface area contributed by atoms with Crippen LogP contribution in [-0.2, 0) is 20.6 Å². The summed E-state index contributed by atoms with van der Waals surface area (Å²) in [6.07, 6.45) is 0. The van der Waals surface area contributed by atoms with E-state index >= 15 is 0 Å². The zero-order chi connectivity index (χ0) is 19.4. The van der Waals surface area contributed by atoms with Crippen LogP contribution in [0.15, 0.2) is 40.6 Å². The Labute approximate surface area is 177 Å². The first-order chi connectivity index (χ1) is 12.9. The van der Waals surface area contributed by atoms with Crippen LogP contribution in [0.5, 0.6) is 0 Å². The van der Waals surface area contributed by atoms with Crippen LogP contribution >= 0.6 is 46.3 Å². The zero-order valence-electron chi connectivity index (χ0n) is 14.3. The Morgan fingerprint density at radius 3 is 2.30 bits per heavy atom. The summed E-state index contributed by atoms with van der Waals surface area (Å²) in [4.78, 5) is 14.1. The van der Waals surface area contributed by atoms with Crippen LogP contribution in [0.1, 0.15) is 5.56 Å². The maximum atomic E-state index is 12.6. The minimum absolute atomic E-state index is 0.0326. The minimum atomic E-state index is -3.53. The Morgan fingerprint density at radius 1 is 1.04 bits per heavy atom. The summed E-state index contributed by atoms with van der Waals surface area (Å²) < 4.78 is 27.3. The van der Waals surface area contributed by atoms with E-state index in [2.05, 4.69) is 0 Å². The number of hydrogen-bond donors (Lipinski definition) is 0. The number of hydrogen-bond acceptors (Lipinski definition) is 5. The molecule has 146 valence electrons. The molecule has 0 aliphatic carbocycles. The van der Waals surface area contributed by atoms with Gasteiger partial charge in [0.2, 0.25) is 5.91 Å². The largest absolute Gasteiger partial charge is 0.339 e. The Morgan fingerprint density at radius 2 is 1.70 bits per heavy atom. The Kier molecular flexibility index (Phi) is 7.10. The highest BCUT2D eigenvalue weighted by atomic mass is 35.5. The Hall–Kier alpha value is -0.770. The molecule has 27 heavy (non-hydrogen) atoms. The van der Waals surface area contributed by atoms with Crippen LogP contribution in [0, 0.1) is 0 Å². The molecule has 5 nitrogen and oxygen atoms in total. The predicted octanol–water partition coefficient (Wildman–Crippen LogP) is 3.82. The topological polar surface area (TPSA) is 57.7 Å². The van der Waals surface area contributed by atoms with Gasteiger partial charge in [-0.05, 0) is 29.8 Å². The third-order valence-corrected chi connectivity index (χ3v) is 8.98. The van der Waals surface area contributed by atoms with Gasteiger partial charge in [0.25, 0.3) is 10.0 Å². The van der Waals surface area contributed by atoms with Crippen molar-refractivity contribution in [3.05, 3.63) is 51.3 Å². The molecule has 1 fully saturated rings. The van der Waals surface area contributed by atoms with E-state index in [-0.39, 0.29) is 10.1 Å². The summed E-state index contributed by atoms with van der Waals surface area (Å²) in [6, 6.07) is 10.7. The first-order valence-corrected chi connectivity index (χ1v) is 12.4. The van der Waals surface area contributed by atoms with Crippen molar-refractivity contribution in [3.63, 3.8) is 0 Å². The normalized spacial score (nSPS) is 15.9. The van der Waals surface area contributed by atoms with Gasteiger partial charge in [-0.3, -0.25) is 4.79 Å². The summed E-state index contributed by atoms with van der Waals surface area (Å²) in [7, 11) is -3.53. The lowest BCUT2D eigenvalue weighted by Gasteiger charge is -2.33. The highest BCUT2D eigenvalue weighted by Gasteiger charge is 2.30. The van der Waals surface area contributed by atoms with E-state index in [0.29, 0.717) is 41.3 Å². The van der Waals surface area contributed by atoms with E-state index in [9.17, 15) is 13.2 Å². The van der Waals surface area contributed by atoms with Crippen LogP contribution in [0.25, 0.3) is 0 Å². The predicted molar refractivity (Wildman–Crippen MR) is 112 cm³/mol. The fourth-order valence-corrected chi connectivity index (χ4v) is 6.74. The van der Waals surface area contributed by atoms with E-state index in [1.165, 1.54) is 10.4 Å². The standard InChI is InChI=1S/C17H18Cl2N2O3S3/c18-14-3-1-13(2-4-14)11-25-12-16(22)20-7-9-21(10-8-20)27(23,24)17-6-5-15(19)26-17/h1-6H,7-12H2. The number of thioether (sulfide) groups is 1. The van der Waals surface area contributed by atoms with Crippen molar-refractivity contribution in [2.75, 3.05) is 31.9 Å². The monoisotopic (exact) mass is 464 g/mol. The number of piperazine rings is 1. The second-order valence-electron chi connectivity index (χ2n) is 5.96. The van der Waals surface area contributed by atoms with Crippen LogP contribution < -0.4 is 0 Å². The molecule has 1 aliphatic rings. The molecule has 0 N–H and O–H groups in total. The Balaban J connectivity index is 1.47. The van der Waals surface area contributed by atoms with Crippen molar-refractivity contribution in [1.29, 1.82) is 0 Å². The maximum Gasteiger partial charge on any atom is 0.252 e. The molecule has 10 heteroatoms. The average Bonchev–Trinajstić information content (AvgIpc) is 3.10. The van der Waals surface area contributed by atoms with Crippen molar-refractivity contribution in [3.8, 4) is 0 Å². The molecule has 3 rings (SSSR count). The number of carbonyl (C=O) groups is 1. The summed E-state index contributed by atoms with van der Waals surface area (Å²) in [5.41, 5.74) is 1.11. The van der Waals surface area contributed by atoms with Gasteiger partial charge in [-0.25, -0.2) is 8.42 Å². The van der Waals surface area contributed by atoms with Crippen LogP contribution in [0.2, 0.25) is 9.36 Å². The highest BCUT2D eigenvalue weighted by molar-refractivity contribution is 7.99. The lowest BCUT2D eigenvalue weighted by Crippen LogP contribution is -2.50. The van der Waals surface area contributed by atoms with Crippen molar-refractivity contribution < 1.29 is 13.2 Å². The van der Waals surface area contributed by atoms with Crippen molar-refractivity contribution in [2.24, 2.45) is 0 Å². The molecular formula is C17H18Cl2N2O3S3. The fourth-order valence-electron chi connectivity index (χ4n) is 2.67.